The number of carboxylic acids is 1. The van der Waals surface area contributed by atoms with Crippen molar-refractivity contribution in [2.75, 3.05) is 12.0 Å². The molecule has 0 radical (unpaired) electrons. The van der Waals surface area contributed by atoms with Gasteiger partial charge in [0.15, 0.2) is 0 Å². The van der Waals surface area contributed by atoms with Crippen molar-refractivity contribution in [3.8, 4) is 0 Å². The van der Waals surface area contributed by atoms with Gasteiger partial charge in [-0.2, -0.15) is 11.8 Å². The van der Waals surface area contributed by atoms with E-state index in [9.17, 15) is 24.3 Å². The Morgan fingerprint density at radius 2 is 1.52 bits per heavy atom. The lowest BCUT2D eigenvalue weighted by Crippen LogP contribution is -2.58. The molecule has 4 aromatic rings. The summed E-state index contributed by atoms with van der Waals surface area (Å²) in [5.41, 5.74) is 8.99. The van der Waals surface area contributed by atoms with Crippen molar-refractivity contribution in [2.45, 2.75) is 49.9 Å². The van der Waals surface area contributed by atoms with Gasteiger partial charge in [0.2, 0.25) is 17.7 Å². The van der Waals surface area contributed by atoms with Crippen LogP contribution in [0.15, 0.2) is 73.3 Å². The Labute approximate surface area is 259 Å². The number of aromatic nitrogens is 3. The van der Waals surface area contributed by atoms with Gasteiger partial charge in [-0.3, -0.25) is 14.4 Å². The number of para-hydroxylation sites is 1. The molecule has 4 unspecified atom stereocenters. The minimum Gasteiger partial charge on any atom is -0.480 e. The van der Waals surface area contributed by atoms with Crippen molar-refractivity contribution < 1.29 is 24.3 Å². The number of rotatable bonds is 16. The van der Waals surface area contributed by atoms with Gasteiger partial charge in [-0.15, -0.1) is 0 Å². The minimum atomic E-state index is -1.26. The smallest absolute Gasteiger partial charge is 0.326 e. The number of nitrogens with two attached hydrogens (primary N) is 1. The first-order chi connectivity index (χ1) is 21.2. The van der Waals surface area contributed by atoms with Gasteiger partial charge < -0.3 is 36.8 Å². The Hall–Kier alpha value is -4.62. The fourth-order valence-corrected chi connectivity index (χ4v) is 5.29. The van der Waals surface area contributed by atoms with Crippen LogP contribution >= 0.6 is 11.8 Å². The van der Waals surface area contributed by atoms with Gasteiger partial charge in [-0.25, -0.2) is 9.78 Å². The maximum atomic E-state index is 13.7. The first-order valence-corrected chi connectivity index (χ1v) is 15.6. The summed E-state index contributed by atoms with van der Waals surface area (Å²) in [7, 11) is 0. The van der Waals surface area contributed by atoms with Crippen molar-refractivity contribution >= 4 is 46.4 Å². The molecule has 44 heavy (non-hydrogen) atoms. The number of carbonyl (C=O) groups excluding carboxylic acids is 3. The third-order valence-electron chi connectivity index (χ3n) is 7.21. The number of hydrogen-bond acceptors (Lipinski definition) is 7. The molecule has 2 aromatic heterocycles. The molecule has 4 rings (SSSR count). The molecule has 4 atom stereocenters. The summed E-state index contributed by atoms with van der Waals surface area (Å²) in [6.45, 7) is 0. The number of amides is 3. The molecular weight excluding hydrogens is 582 g/mol. The van der Waals surface area contributed by atoms with Crippen molar-refractivity contribution in [1.82, 2.24) is 30.9 Å². The SMILES string of the molecule is CSCCC(N)C(=O)NC(Cc1cnc[nH]1)C(=O)NC(Cc1ccccc1)C(=O)NC(Cc1c[nH]c2ccccc12)C(=O)O. The highest BCUT2D eigenvalue weighted by Gasteiger charge is 2.31. The van der Waals surface area contributed by atoms with Gasteiger partial charge in [-0.1, -0.05) is 48.5 Å². The summed E-state index contributed by atoms with van der Waals surface area (Å²) in [5.74, 6) is -2.32. The topological polar surface area (TPSA) is 195 Å². The zero-order chi connectivity index (χ0) is 31.5. The summed E-state index contributed by atoms with van der Waals surface area (Å²) in [6.07, 6.45) is 7.26. The van der Waals surface area contributed by atoms with Crippen LogP contribution in [0.4, 0.5) is 0 Å². The zero-order valence-corrected chi connectivity index (χ0v) is 25.1. The molecular formula is C31H37N7O5S. The molecule has 0 aliphatic carbocycles. The summed E-state index contributed by atoms with van der Waals surface area (Å²) in [5, 5.41) is 19.0. The molecule has 0 aliphatic rings. The van der Waals surface area contributed by atoms with Gasteiger partial charge in [-0.05, 0) is 35.6 Å². The zero-order valence-electron chi connectivity index (χ0n) is 24.3. The predicted molar refractivity (Wildman–Crippen MR) is 169 cm³/mol. The van der Waals surface area contributed by atoms with Crippen LogP contribution in [0.1, 0.15) is 23.2 Å². The molecule has 0 bridgehead atoms. The van der Waals surface area contributed by atoms with E-state index in [1.807, 2.05) is 48.7 Å². The Balaban J connectivity index is 1.54. The standard InChI is InChI=1S/C31H37N7O5S/c1-44-12-11-23(32)28(39)36-26(15-21-17-33-18-35-21)30(41)37-25(13-19-7-3-2-4-8-19)29(40)38-27(31(42)43)14-20-16-34-24-10-6-5-9-22(20)24/h2-10,16-18,23,25-27,34H,11-15,32H2,1H3,(H,33,35)(H,36,39)(H,37,41)(H,38,40)(H,42,43). The molecule has 0 saturated heterocycles. The number of imidazole rings is 1. The summed E-state index contributed by atoms with van der Waals surface area (Å²) in [6, 6.07) is 12.3. The lowest BCUT2D eigenvalue weighted by Gasteiger charge is -2.25. The number of hydrogen-bond donors (Lipinski definition) is 7. The monoisotopic (exact) mass is 619 g/mol. The van der Waals surface area contributed by atoms with Crippen LogP contribution in [-0.4, -0.2) is 79.9 Å². The minimum absolute atomic E-state index is 0.0313. The normalized spacial score (nSPS) is 13.9. The first kappa shape index (κ1) is 32.3. The van der Waals surface area contributed by atoms with E-state index < -0.39 is 47.9 Å². The Bertz CT molecular complexity index is 1540. The van der Waals surface area contributed by atoms with Crippen LogP contribution in [0.5, 0.6) is 0 Å². The third kappa shape index (κ3) is 8.94. The second kappa shape index (κ2) is 15.7. The predicted octanol–water partition coefficient (Wildman–Crippen LogP) is 1.54. The van der Waals surface area contributed by atoms with Crippen molar-refractivity contribution in [1.29, 1.82) is 0 Å². The number of nitrogens with one attached hydrogen (secondary N) is 5. The largest absolute Gasteiger partial charge is 0.480 e. The molecule has 12 nitrogen and oxygen atoms in total. The summed E-state index contributed by atoms with van der Waals surface area (Å²) >= 11 is 1.56. The molecule has 8 N–H and O–H groups in total. The molecule has 0 spiro atoms. The summed E-state index contributed by atoms with van der Waals surface area (Å²) < 4.78 is 0. The number of benzene rings is 2. The highest BCUT2D eigenvalue weighted by molar-refractivity contribution is 7.98. The molecule has 13 heteroatoms. The number of aliphatic carboxylic acids is 1. The van der Waals surface area contributed by atoms with Gasteiger partial charge in [0.05, 0.1) is 12.4 Å². The van der Waals surface area contributed by atoms with Crippen LogP contribution in [-0.2, 0) is 38.4 Å². The van der Waals surface area contributed by atoms with Crippen molar-refractivity contribution in [3.63, 3.8) is 0 Å². The van der Waals surface area contributed by atoms with E-state index in [1.165, 1.54) is 12.5 Å². The second-order valence-electron chi connectivity index (χ2n) is 10.4. The Morgan fingerprint density at radius 3 is 2.20 bits per heavy atom. The van der Waals surface area contributed by atoms with E-state index in [4.69, 9.17) is 5.73 Å². The van der Waals surface area contributed by atoms with Crippen molar-refractivity contribution in [3.05, 3.63) is 90.1 Å². The van der Waals surface area contributed by atoms with E-state index in [0.717, 1.165) is 22.0 Å². The van der Waals surface area contributed by atoms with Gasteiger partial charge in [0, 0.05) is 48.3 Å². The first-order valence-electron chi connectivity index (χ1n) is 14.2. The second-order valence-corrected chi connectivity index (χ2v) is 11.4. The van der Waals surface area contributed by atoms with Gasteiger partial charge in [0.1, 0.15) is 18.1 Å². The Kier molecular flexibility index (Phi) is 11.5. The quantitative estimate of drug-likeness (QED) is 0.0981. The molecule has 3 amide bonds. The van der Waals surface area contributed by atoms with E-state index in [0.29, 0.717) is 17.9 Å². The molecule has 232 valence electrons. The van der Waals surface area contributed by atoms with Crippen LogP contribution < -0.4 is 21.7 Å². The fourth-order valence-electron chi connectivity index (χ4n) is 4.80. The summed E-state index contributed by atoms with van der Waals surface area (Å²) in [4.78, 5) is 62.5. The number of aromatic amines is 2. The average molecular weight is 620 g/mol. The number of fused-ring (bicyclic) bond motifs is 1. The van der Waals surface area contributed by atoms with Crippen LogP contribution in [0.25, 0.3) is 10.9 Å². The van der Waals surface area contributed by atoms with Crippen LogP contribution in [0.3, 0.4) is 0 Å². The highest BCUT2D eigenvalue weighted by Crippen LogP contribution is 2.19. The number of carbonyl (C=O) groups is 4. The maximum absolute atomic E-state index is 13.7. The average Bonchev–Trinajstić information content (AvgIpc) is 3.69. The van der Waals surface area contributed by atoms with Crippen LogP contribution in [0.2, 0.25) is 0 Å². The number of nitrogens with zero attached hydrogens (tertiary/aromatic N) is 1. The number of H-pyrrole nitrogens is 2. The highest BCUT2D eigenvalue weighted by atomic mass is 32.2. The van der Waals surface area contributed by atoms with E-state index in [-0.39, 0.29) is 19.3 Å². The van der Waals surface area contributed by atoms with E-state index in [2.05, 4.69) is 30.9 Å². The van der Waals surface area contributed by atoms with Crippen LogP contribution in [0, 0.1) is 0 Å². The lowest BCUT2D eigenvalue weighted by atomic mass is 10.0. The molecule has 0 saturated carbocycles. The maximum Gasteiger partial charge on any atom is 0.326 e. The van der Waals surface area contributed by atoms with Gasteiger partial charge in [0.25, 0.3) is 0 Å². The van der Waals surface area contributed by atoms with E-state index >= 15 is 0 Å². The number of thioether (sulfide) groups is 1. The number of carboxylic acid groups (broad SMARTS) is 1. The third-order valence-corrected chi connectivity index (χ3v) is 7.85. The molecule has 0 aliphatic heterocycles. The fraction of sp³-hybridized carbons (Fsp3) is 0.323. The molecule has 2 heterocycles. The van der Waals surface area contributed by atoms with Gasteiger partial charge >= 0.3 is 5.97 Å². The molecule has 0 fully saturated rings. The Morgan fingerprint density at radius 1 is 0.864 bits per heavy atom. The lowest BCUT2D eigenvalue weighted by molar-refractivity contribution is -0.142. The van der Waals surface area contributed by atoms with Crippen molar-refractivity contribution in [2.24, 2.45) is 5.73 Å². The van der Waals surface area contributed by atoms with E-state index in [1.54, 1.807) is 30.1 Å². The molecule has 2 aromatic carbocycles.